The molecule has 0 aromatic heterocycles. The Morgan fingerprint density at radius 3 is 1.89 bits per heavy atom. The van der Waals surface area contributed by atoms with E-state index in [4.69, 9.17) is 5.73 Å². The van der Waals surface area contributed by atoms with Crippen LogP contribution < -0.4 is 5.73 Å². The van der Waals surface area contributed by atoms with E-state index < -0.39 is 0 Å². The largest absolute Gasteiger partial charge is 0.398 e. The lowest BCUT2D eigenvalue weighted by Crippen LogP contribution is -1.96. The first-order valence-corrected chi connectivity index (χ1v) is 16.3. The summed E-state index contributed by atoms with van der Waals surface area (Å²) in [5.74, 6) is 0. The number of benzene rings is 3. The van der Waals surface area contributed by atoms with Crippen LogP contribution in [-0.4, -0.2) is 0 Å². The predicted octanol–water partition coefficient (Wildman–Crippen LogP) is 14.1. The van der Waals surface area contributed by atoms with Crippen molar-refractivity contribution in [1.82, 2.24) is 0 Å². The highest BCUT2D eigenvalue weighted by Gasteiger charge is 2.10. The zero-order valence-electron chi connectivity index (χ0n) is 29.9. The zero-order valence-corrected chi connectivity index (χ0v) is 29.9. The Balaban J connectivity index is 0. The lowest BCUT2D eigenvalue weighted by atomic mass is 9.93. The summed E-state index contributed by atoms with van der Waals surface area (Å²) in [4.78, 5) is 0. The topological polar surface area (TPSA) is 26.0 Å². The maximum Gasteiger partial charge on any atom is 0.0473 e. The minimum atomic E-state index is 0.781. The van der Waals surface area contributed by atoms with Crippen molar-refractivity contribution in [2.45, 2.75) is 81.6 Å². The molecule has 1 heteroatoms. The first-order chi connectivity index (χ1) is 21.8. The molecule has 0 fully saturated rings. The van der Waals surface area contributed by atoms with Gasteiger partial charge in [-0.05, 0) is 68.2 Å². The molecule has 0 spiro atoms. The molecule has 3 rings (SSSR count). The van der Waals surface area contributed by atoms with E-state index in [1.807, 2.05) is 71.9 Å². The van der Waals surface area contributed by atoms with Crippen molar-refractivity contribution in [2.24, 2.45) is 0 Å². The molecule has 0 heterocycles. The molecule has 1 nitrogen and oxygen atoms in total. The summed E-state index contributed by atoms with van der Waals surface area (Å²) in [5, 5.41) is 2.21. The molecule has 0 aliphatic rings. The second kappa shape index (κ2) is 27.2. The van der Waals surface area contributed by atoms with E-state index in [-0.39, 0.29) is 0 Å². The SMILES string of the molecule is C/C=C\C(=C/C)CCC.C=C(C)/C(=C\C)c1ccc(C(=C)c2ccc3ccccc3c2N)cc1.C=C/C=C\CC=C.CC.CC. The van der Waals surface area contributed by atoms with Gasteiger partial charge in [0.1, 0.15) is 0 Å². The number of hydrogen-bond acceptors (Lipinski definition) is 1. The van der Waals surface area contributed by atoms with E-state index >= 15 is 0 Å². The fraction of sp³-hybridized carbons (Fsp3) is 0.273. The molecule has 0 bridgehead atoms. The second-order valence-electron chi connectivity index (χ2n) is 9.59. The van der Waals surface area contributed by atoms with E-state index in [0.29, 0.717) is 0 Å². The third-order valence-corrected chi connectivity index (χ3v) is 6.45. The second-order valence-corrected chi connectivity index (χ2v) is 9.59. The lowest BCUT2D eigenvalue weighted by molar-refractivity contribution is 0.924. The molecular weight excluding hydrogens is 542 g/mol. The summed E-state index contributed by atoms with van der Waals surface area (Å²) in [7, 11) is 0. The highest BCUT2D eigenvalue weighted by atomic mass is 14.6. The summed E-state index contributed by atoms with van der Waals surface area (Å²) in [6, 6.07) is 20.7. The van der Waals surface area contributed by atoms with E-state index in [2.05, 4.69) is 120 Å². The van der Waals surface area contributed by atoms with Crippen LogP contribution in [0, 0.1) is 0 Å². The van der Waals surface area contributed by atoms with Crippen LogP contribution >= 0.6 is 0 Å². The Morgan fingerprint density at radius 2 is 1.40 bits per heavy atom. The van der Waals surface area contributed by atoms with Crippen LogP contribution in [0.1, 0.15) is 98.3 Å². The Kier molecular flexibility index (Phi) is 25.9. The van der Waals surface area contributed by atoms with E-state index in [0.717, 1.165) is 50.7 Å². The number of fused-ring (bicyclic) bond motifs is 1. The van der Waals surface area contributed by atoms with E-state index in [9.17, 15) is 0 Å². The summed E-state index contributed by atoms with van der Waals surface area (Å²) < 4.78 is 0. The molecule has 242 valence electrons. The van der Waals surface area contributed by atoms with Gasteiger partial charge in [0.25, 0.3) is 0 Å². The lowest BCUT2D eigenvalue weighted by Gasteiger charge is -2.13. The average molecular weight is 604 g/mol. The van der Waals surface area contributed by atoms with Crippen molar-refractivity contribution in [3.63, 3.8) is 0 Å². The maximum atomic E-state index is 6.42. The number of rotatable bonds is 10. The quantitative estimate of drug-likeness (QED) is 0.139. The number of nitrogen functional groups attached to an aromatic ring is 1. The minimum absolute atomic E-state index is 0.781. The van der Waals surface area contributed by atoms with Gasteiger partial charge in [0, 0.05) is 16.6 Å². The van der Waals surface area contributed by atoms with Gasteiger partial charge >= 0.3 is 0 Å². The van der Waals surface area contributed by atoms with Crippen molar-refractivity contribution in [1.29, 1.82) is 0 Å². The first-order valence-electron chi connectivity index (χ1n) is 16.3. The van der Waals surface area contributed by atoms with Gasteiger partial charge in [-0.2, -0.15) is 0 Å². The van der Waals surface area contributed by atoms with Gasteiger partial charge in [-0.25, -0.2) is 0 Å². The van der Waals surface area contributed by atoms with Crippen molar-refractivity contribution in [3.8, 4) is 0 Å². The molecular formula is C44H61N. The molecule has 0 aliphatic heterocycles. The molecule has 2 N–H and O–H groups in total. The zero-order chi connectivity index (χ0) is 34.6. The molecule has 3 aromatic rings. The molecule has 0 saturated heterocycles. The van der Waals surface area contributed by atoms with Gasteiger partial charge in [-0.15, -0.1) is 6.58 Å². The van der Waals surface area contributed by atoms with Gasteiger partial charge < -0.3 is 5.73 Å². The van der Waals surface area contributed by atoms with Crippen LogP contribution in [0.2, 0.25) is 0 Å². The monoisotopic (exact) mass is 603 g/mol. The minimum Gasteiger partial charge on any atom is -0.398 e. The first kappa shape index (κ1) is 42.8. The van der Waals surface area contributed by atoms with E-state index in [1.54, 1.807) is 6.08 Å². The van der Waals surface area contributed by atoms with Crippen molar-refractivity contribution in [3.05, 3.63) is 163 Å². The Morgan fingerprint density at radius 1 is 0.800 bits per heavy atom. The smallest absolute Gasteiger partial charge is 0.0473 e. The molecule has 0 radical (unpaired) electrons. The summed E-state index contributed by atoms with van der Waals surface area (Å²) in [6.45, 7) is 33.8. The molecule has 45 heavy (non-hydrogen) atoms. The van der Waals surface area contributed by atoms with Crippen LogP contribution in [0.5, 0.6) is 0 Å². The number of hydrogen-bond donors (Lipinski definition) is 1. The van der Waals surface area contributed by atoms with Crippen LogP contribution in [0.25, 0.3) is 21.9 Å². The standard InChI is InChI=1S/C24H23N.C9H16.C7H10.2C2H6/c1-5-21(16(2)3)20-12-10-18(11-13-20)17(4)22-15-14-19-8-6-7-9-23(19)24(22)25;1-4-7-9(6-3)8-5-2;1-3-5-7-6-4-2;2*1-2/h5-15H,2,4,25H2,1,3H3;4,6-7H,5,8H2,1-3H3;3-5,7H,1-2,6H2;2*1-2H3/b21-5+;7-4-,9-6+;7-5-;;. The Bertz CT molecular complexity index is 1410. The third kappa shape index (κ3) is 15.8. The number of anilines is 1. The maximum absolute atomic E-state index is 6.42. The van der Waals surface area contributed by atoms with Crippen molar-refractivity contribution in [2.75, 3.05) is 5.73 Å². The van der Waals surface area contributed by atoms with Gasteiger partial charge in [-0.1, -0.05) is 181 Å². The summed E-state index contributed by atoms with van der Waals surface area (Å²) in [6.07, 6.45) is 19.4. The van der Waals surface area contributed by atoms with Crippen LogP contribution in [0.3, 0.4) is 0 Å². The van der Waals surface area contributed by atoms with Crippen LogP contribution in [0.4, 0.5) is 5.69 Å². The number of allylic oxidation sites excluding steroid dienone is 11. The van der Waals surface area contributed by atoms with E-state index in [1.165, 1.54) is 24.0 Å². The third-order valence-electron chi connectivity index (χ3n) is 6.45. The number of nitrogens with two attached hydrogens (primary N) is 1. The predicted molar refractivity (Wildman–Crippen MR) is 212 cm³/mol. The molecule has 0 aliphatic carbocycles. The summed E-state index contributed by atoms with van der Waals surface area (Å²) in [5.41, 5.74) is 15.0. The molecule has 0 unspecified atom stereocenters. The van der Waals surface area contributed by atoms with Gasteiger partial charge in [0.05, 0.1) is 0 Å². The van der Waals surface area contributed by atoms with Crippen molar-refractivity contribution < 1.29 is 0 Å². The highest BCUT2D eigenvalue weighted by molar-refractivity contribution is 6.00. The molecule has 3 aromatic carbocycles. The Labute approximate surface area is 277 Å². The van der Waals surface area contributed by atoms with Crippen molar-refractivity contribution >= 4 is 27.6 Å². The summed E-state index contributed by atoms with van der Waals surface area (Å²) >= 11 is 0. The Hall–Kier alpha value is -4.36. The average Bonchev–Trinajstić information content (AvgIpc) is 3.08. The van der Waals surface area contributed by atoms with Crippen LogP contribution in [0.15, 0.2) is 147 Å². The normalized spacial score (nSPS) is 10.7. The van der Waals surface area contributed by atoms with Gasteiger partial charge in [-0.3, -0.25) is 0 Å². The fourth-order valence-corrected chi connectivity index (χ4v) is 4.32. The molecule has 0 amide bonds. The fourth-order valence-electron chi connectivity index (χ4n) is 4.32. The van der Waals surface area contributed by atoms with Gasteiger partial charge in [0.15, 0.2) is 0 Å². The molecule has 0 atom stereocenters. The molecule has 0 saturated carbocycles. The van der Waals surface area contributed by atoms with Crippen LogP contribution in [-0.2, 0) is 0 Å². The van der Waals surface area contributed by atoms with Gasteiger partial charge in [0.2, 0.25) is 0 Å². The highest BCUT2D eigenvalue weighted by Crippen LogP contribution is 2.33.